The van der Waals surface area contributed by atoms with Crippen LogP contribution in [0.25, 0.3) is 0 Å². The van der Waals surface area contributed by atoms with E-state index in [-0.39, 0.29) is 13.2 Å². The number of rotatable bonds is 7. The normalized spacial score (nSPS) is 11.2. The molecule has 7 nitrogen and oxygen atoms in total. The van der Waals surface area contributed by atoms with E-state index in [0.29, 0.717) is 0 Å². The molecule has 0 unspecified atom stereocenters. The minimum Gasteiger partial charge on any atom is -0.481 e. The number of hydrogen-bond donors (Lipinski definition) is 2. The molecule has 0 aliphatic carbocycles. The SMILES string of the molecule is COCCNC(=O)COc1ccc(S(N)(=O)=O)c(F)c1F. The van der Waals surface area contributed by atoms with E-state index in [1.54, 1.807) is 0 Å². The molecule has 10 heteroatoms. The molecule has 1 aromatic carbocycles. The second-order valence-corrected chi connectivity index (χ2v) is 5.40. The molecule has 1 aromatic rings. The summed E-state index contributed by atoms with van der Waals surface area (Å²) in [6.07, 6.45) is 0. The molecule has 0 spiro atoms. The topological polar surface area (TPSA) is 108 Å². The predicted octanol–water partition coefficient (Wildman–Crippen LogP) is -0.246. The summed E-state index contributed by atoms with van der Waals surface area (Å²) in [6, 6.07) is 1.63. The van der Waals surface area contributed by atoms with Crippen molar-refractivity contribution in [2.24, 2.45) is 5.14 Å². The van der Waals surface area contributed by atoms with Gasteiger partial charge >= 0.3 is 0 Å². The van der Waals surface area contributed by atoms with Crippen LogP contribution in [0, 0.1) is 11.6 Å². The van der Waals surface area contributed by atoms with Gasteiger partial charge in [0.05, 0.1) is 6.61 Å². The fourth-order valence-electron chi connectivity index (χ4n) is 1.33. The number of methoxy groups -OCH3 is 1. The lowest BCUT2D eigenvalue weighted by Gasteiger charge is -2.09. The number of carbonyl (C=O) groups excluding carboxylic acids is 1. The Balaban J connectivity index is 2.74. The molecule has 0 aliphatic heterocycles. The molecule has 0 saturated heterocycles. The van der Waals surface area contributed by atoms with Gasteiger partial charge in [0.2, 0.25) is 15.8 Å². The minimum atomic E-state index is -4.38. The highest BCUT2D eigenvalue weighted by Gasteiger charge is 2.21. The number of carbonyl (C=O) groups is 1. The van der Waals surface area contributed by atoms with Crippen LogP contribution in [-0.4, -0.2) is 41.2 Å². The van der Waals surface area contributed by atoms with Crippen molar-refractivity contribution in [3.8, 4) is 5.75 Å². The molecule has 0 aromatic heterocycles. The second-order valence-electron chi connectivity index (χ2n) is 3.87. The summed E-state index contributed by atoms with van der Waals surface area (Å²) in [4.78, 5) is 10.3. The first-order chi connectivity index (χ1) is 9.77. The first-order valence-electron chi connectivity index (χ1n) is 5.66. The van der Waals surface area contributed by atoms with Crippen molar-refractivity contribution in [1.82, 2.24) is 5.32 Å². The summed E-state index contributed by atoms with van der Waals surface area (Å²) >= 11 is 0. The van der Waals surface area contributed by atoms with Crippen LogP contribution in [0.3, 0.4) is 0 Å². The fourth-order valence-corrected chi connectivity index (χ4v) is 1.93. The Morgan fingerprint density at radius 1 is 1.33 bits per heavy atom. The first-order valence-corrected chi connectivity index (χ1v) is 7.21. The Bertz CT molecular complexity index is 621. The minimum absolute atomic E-state index is 0.236. The molecule has 0 bridgehead atoms. The van der Waals surface area contributed by atoms with E-state index in [9.17, 15) is 22.0 Å². The Morgan fingerprint density at radius 3 is 2.57 bits per heavy atom. The molecule has 118 valence electrons. The van der Waals surface area contributed by atoms with Crippen LogP contribution in [0.1, 0.15) is 0 Å². The lowest BCUT2D eigenvalue weighted by molar-refractivity contribution is -0.123. The summed E-state index contributed by atoms with van der Waals surface area (Å²) in [7, 11) is -2.93. The van der Waals surface area contributed by atoms with E-state index in [4.69, 9.17) is 14.6 Å². The molecular formula is C11H14F2N2O5S. The fraction of sp³-hybridized carbons (Fsp3) is 0.364. The van der Waals surface area contributed by atoms with E-state index in [1.165, 1.54) is 7.11 Å². The number of nitrogens with two attached hydrogens (primary N) is 1. The quantitative estimate of drug-likeness (QED) is 0.673. The number of sulfonamides is 1. The van der Waals surface area contributed by atoms with Gasteiger partial charge in [0.1, 0.15) is 4.90 Å². The standard InChI is InChI=1S/C11H14F2N2O5S/c1-19-5-4-15-9(16)6-20-7-2-3-8(21(14,17)18)11(13)10(7)12/h2-3H,4-6H2,1H3,(H,15,16)(H2,14,17,18). The molecule has 0 fully saturated rings. The predicted molar refractivity (Wildman–Crippen MR) is 68.1 cm³/mol. The van der Waals surface area contributed by atoms with Gasteiger partial charge in [0.25, 0.3) is 5.91 Å². The highest BCUT2D eigenvalue weighted by atomic mass is 32.2. The average Bonchev–Trinajstić information content (AvgIpc) is 2.39. The summed E-state index contributed by atoms with van der Waals surface area (Å²) in [6.45, 7) is -0.0352. The Morgan fingerprint density at radius 2 is 2.00 bits per heavy atom. The van der Waals surface area contributed by atoms with Crippen molar-refractivity contribution in [2.45, 2.75) is 4.90 Å². The maximum Gasteiger partial charge on any atom is 0.258 e. The first kappa shape index (κ1) is 17.3. The maximum absolute atomic E-state index is 13.6. The number of ether oxygens (including phenoxy) is 2. The third-order valence-electron chi connectivity index (χ3n) is 2.31. The van der Waals surface area contributed by atoms with E-state index in [2.05, 4.69) is 5.32 Å². The summed E-state index contributed by atoms with van der Waals surface area (Å²) in [5.41, 5.74) is 0. The highest BCUT2D eigenvalue weighted by molar-refractivity contribution is 7.89. The van der Waals surface area contributed by atoms with E-state index in [0.717, 1.165) is 12.1 Å². The van der Waals surface area contributed by atoms with Crippen LogP contribution in [0.4, 0.5) is 8.78 Å². The Hall–Kier alpha value is -1.78. The molecule has 0 heterocycles. The monoisotopic (exact) mass is 324 g/mol. The van der Waals surface area contributed by atoms with Gasteiger partial charge in [-0.1, -0.05) is 0 Å². The molecule has 0 saturated carbocycles. The zero-order valence-electron chi connectivity index (χ0n) is 11.1. The maximum atomic E-state index is 13.6. The number of benzene rings is 1. The lowest BCUT2D eigenvalue weighted by Crippen LogP contribution is -2.31. The van der Waals surface area contributed by atoms with E-state index >= 15 is 0 Å². The van der Waals surface area contributed by atoms with Crippen molar-refractivity contribution in [3.05, 3.63) is 23.8 Å². The van der Waals surface area contributed by atoms with Crippen LogP contribution >= 0.6 is 0 Å². The van der Waals surface area contributed by atoms with Gasteiger partial charge in [-0.05, 0) is 12.1 Å². The van der Waals surface area contributed by atoms with Crippen LogP contribution in [0.2, 0.25) is 0 Å². The molecule has 0 aliphatic rings. The van der Waals surface area contributed by atoms with Crippen LogP contribution in [-0.2, 0) is 19.6 Å². The number of primary sulfonamides is 1. The number of halogens is 2. The van der Waals surface area contributed by atoms with Gasteiger partial charge in [-0.15, -0.1) is 0 Å². The molecule has 0 atom stereocenters. The van der Waals surface area contributed by atoms with Crippen LogP contribution in [0.5, 0.6) is 5.75 Å². The van der Waals surface area contributed by atoms with Gasteiger partial charge in [0, 0.05) is 13.7 Å². The second kappa shape index (κ2) is 7.29. The molecular weight excluding hydrogens is 310 g/mol. The van der Waals surface area contributed by atoms with E-state index in [1.807, 2.05) is 0 Å². The van der Waals surface area contributed by atoms with Crippen molar-refractivity contribution >= 4 is 15.9 Å². The highest BCUT2D eigenvalue weighted by Crippen LogP contribution is 2.24. The molecule has 21 heavy (non-hydrogen) atoms. The lowest BCUT2D eigenvalue weighted by atomic mass is 10.3. The number of hydrogen-bond acceptors (Lipinski definition) is 5. The van der Waals surface area contributed by atoms with E-state index < -0.39 is 44.8 Å². The largest absolute Gasteiger partial charge is 0.481 e. The van der Waals surface area contributed by atoms with Gasteiger partial charge < -0.3 is 14.8 Å². The summed E-state index contributed by atoms with van der Waals surface area (Å²) in [5.74, 6) is -4.36. The smallest absolute Gasteiger partial charge is 0.258 e. The summed E-state index contributed by atoms with van der Waals surface area (Å²) in [5, 5.41) is 7.12. The number of amides is 1. The van der Waals surface area contributed by atoms with Crippen LogP contribution in [0.15, 0.2) is 17.0 Å². The Labute approximate surface area is 120 Å². The van der Waals surface area contributed by atoms with Gasteiger partial charge in [0.15, 0.2) is 18.2 Å². The average molecular weight is 324 g/mol. The van der Waals surface area contributed by atoms with Crippen LogP contribution < -0.4 is 15.2 Å². The van der Waals surface area contributed by atoms with Gasteiger partial charge in [-0.25, -0.2) is 17.9 Å². The van der Waals surface area contributed by atoms with Gasteiger partial charge in [-0.2, -0.15) is 4.39 Å². The third-order valence-corrected chi connectivity index (χ3v) is 3.23. The molecule has 1 amide bonds. The molecule has 1 rings (SSSR count). The molecule has 0 radical (unpaired) electrons. The zero-order chi connectivity index (χ0) is 16.0. The van der Waals surface area contributed by atoms with Crippen molar-refractivity contribution in [3.63, 3.8) is 0 Å². The zero-order valence-corrected chi connectivity index (χ0v) is 11.9. The van der Waals surface area contributed by atoms with Crippen molar-refractivity contribution < 1.29 is 31.5 Å². The summed E-state index contributed by atoms with van der Waals surface area (Å²) < 4.78 is 58.5. The van der Waals surface area contributed by atoms with Gasteiger partial charge in [-0.3, -0.25) is 4.79 Å². The van der Waals surface area contributed by atoms with Crippen molar-refractivity contribution in [2.75, 3.05) is 26.9 Å². The number of nitrogens with one attached hydrogen (secondary N) is 1. The van der Waals surface area contributed by atoms with Crippen molar-refractivity contribution in [1.29, 1.82) is 0 Å². The third kappa shape index (κ3) is 4.92. The molecule has 3 N–H and O–H groups in total. The Kier molecular flexibility index (Phi) is 6.00.